The number of anilines is 1. The summed E-state index contributed by atoms with van der Waals surface area (Å²) in [4.78, 5) is 28.3. The molecule has 1 atom stereocenters. The van der Waals surface area contributed by atoms with Gasteiger partial charge in [0.1, 0.15) is 17.5 Å². The first-order chi connectivity index (χ1) is 13.6. The minimum Gasteiger partial charge on any atom is -0.321 e. The number of benzene rings is 2. The number of nitrogens with one attached hydrogen (secondary N) is 2. The van der Waals surface area contributed by atoms with Gasteiger partial charge < -0.3 is 10.6 Å². The Morgan fingerprint density at radius 2 is 1.96 bits per heavy atom. The number of hydrogen-bond donors (Lipinski definition) is 2. The quantitative estimate of drug-likeness (QED) is 0.614. The van der Waals surface area contributed by atoms with Crippen molar-refractivity contribution in [2.45, 2.75) is 12.8 Å². The van der Waals surface area contributed by atoms with Crippen LogP contribution in [0.5, 0.6) is 0 Å². The first-order valence-electron chi connectivity index (χ1n) is 9.12. The second-order valence-electron chi connectivity index (χ2n) is 6.54. The van der Waals surface area contributed by atoms with Gasteiger partial charge in [0.25, 0.3) is 5.91 Å². The lowest BCUT2D eigenvalue weighted by Gasteiger charge is -2.18. The van der Waals surface area contributed by atoms with Gasteiger partial charge in [-0.25, -0.2) is 4.39 Å². The van der Waals surface area contributed by atoms with Crippen molar-refractivity contribution in [3.8, 4) is 0 Å². The third-order valence-electron chi connectivity index (χ3n) is 4.45. The molecule has 1 saturated heterocycles. The highest BCUT2D eigenvalue weighted by Crippen LogP contribution is 2.17. The molecule has 144 valence electrons. The molecule has 0 aromatic heterocycles. The van der Waals surface area contributed by atoms with E-state index < -0.39 is 17.6 Å². The number of hydrogen-bond acceptors (Lipinski definition) is 4. The molecule has 1 aliphatic heterocycles. The highest BCUT2D eigenvalue weighted by Gasteiger charge is 2.18. The summed E-state index contributed by atoms with van der Waals surface area (Å²) >= 11 is 0. The number of para-hydroxylation sites is 1. The molecule has 1 unspecified atom stereocenters. The van der Waals surface area contributed by atoms with Crippen LogP contribution in [-0.2, 0) is 0 Å². The lowest BCUT2D eigenvalue weighted by molar-refractivity contribution is 0.0993. The molecule has 2 amide bonds. The topological polar surface area (TPSA) is 97.0 Å². The number of piperidine rings is 1. The van der Waals surface area contributed by atoms with Gasteiger partial charge in [0.15, 0.2) is 0 Å². The van der Waals surface area contributed by atoms with Crippen LogP contribution in [0.15, 0.2) is 58.8 Å². The second-order valence-corrected chi connectivity index (χ2v) is 6.54. The smallest absolute Gasteiger partial charge is 0.321 e. The molecule has 2 N–H and O–H groups in total. The highest BCUT2D eigenvalue weighted by atomic mass is 19.1. The molecule has 3 rings (SSSR count). The first-order valence-corrected chi connectivity index (χ1v) is 9.12. The van der Waals surface area contributed by atoms with Crippen molar-refractivity contribution in [2.75, 3.05) is 25.0 Å². The van der Waals surface area contributed by atoms with E-state index in [1.165, 1.54) is 24.3 Å². The Bertz CT molecular complexity index is 901. The number of rotatable bonds is 5. The number of carbonyl (C=O) groups is 2. The van der Waals surface area contributed by atoms with E-state index in [2.05, 4.69) is 25.8 Å². The molecule has 28 heavy (non-hydrogen) atoms. The van der Waals surface area contributed by atoms with Gasteiger partial charge in [-0.05, 0) is 68.2 Å². The van der Waals surface area contributed by atoms with E-state index in [-0.39, 0.29) is 11.1 Å². The molecule has 0 saturated carbocycles. The molecule has 8 heteroatoms. The first kappa shape index (κ1) is 19.5. The predicted molar refractivity (Wildman–Crippen MR) is 103 cm³/mol. The van der Waals surface area contributed by atoms with E-state index in [0.29, 0.717) is 18.2 Å². The molecule has 2 aromatic carbocycles. The standard InChI is InChI=1S/C20H20FN5O2/c21-16-9-7-15(8-10-16)19(27)24-18-6-2-1-5-17(18)20(28)25-26-23-13-14-4-3-11-22-12-14/h1-2,5-10,14,22H,3-4,11-13H2/p+1. The van der Waals surface area contributed by atoms with E-state index in [0.717, 1.165) is 25.9 Å². The van der Waals surface area contributed by atoms with Gasteiger partial charge in [0.05, 0.1) is 11.3 Å². The Morgan fingerprint density at radius 1 is 1.18 bits per heavy atom. The maximum absolute atomic E-state index is 13.0. The molecule has 0 radical (unpaired) electrons. The van der Waals surface area contributed by atoms with Gasteiger partial charge in [0.2, 0.25) is 10.0 Å². The fraction of sp³-hybridized carbons (Fsp3) is 0.300. The number of halogens is 1. The Balaban J connectivity index is 1.66. The summed E-state index contributed by atoms with van der Waals surface area (Å²) in [6.07, 6.45) is 2.19. The van der Waals surface area contributed by atoms with E-state index in [1.54, 1.807) is 24.3 Å². The lowest BCUT2D eigenvalue weighted by atomic mass is 10.0. The predicted octanol–water partition coefficient (Wildman–Crippen LogP) is 3.19. The molecule has 7 nitrogen and oxygen atoms in total. The van der Waals surface area contributed by atoms with Crippen molar-refractivity contribution < 1.29 is 14.0 Å². The zero-order chi connectivity index (χ0) is 19.8. The molecule has 0 bridgehead atoms. The van der Waals surface area contributed by atoms with Crippen molar-refractivity contribution in [1.82, 2.24) is 10.2 Å². The minimum atomic E-state index is -0.597. The number of nitrogens with zero attached hydrogens (tertiary/aromatic N) is 3. The minimum absolute atomic E-state index is 0.205. The van der Waals surface area contributed by atoms with Crippen LogP contribution in [0.25, 0.3) is 0 Å². The Morgan fingerprint density at radius 3 is 2.71 bits per heavy atom. The summed E-state index contributed by atoms with van der Waals surface area (Å²) in [6, 6.07) is 11.6. The van der Waals surface area contributed by atoms with Gasteiger partial charge >= 0.3 is 5.91 Å². The van der Waals surface area contributed by atoms with E-state index in [1.807, 2.05) is 0 Å². The van der Waals surface area contributed by atoms with E-state index in [4.69, 9.17) is 0 Å². The fourth-order valence-corrected chi connectivity index (χ4v) is 2.93. The van der Waals surface area contributed by atoms with Gasteiger partial charge in [-0.2, -0.15) is 0 Å². The zero-order valence-corrected chi connectivity index (χ0v) is 15.3. The SMILES string of the molecule is O=C(Nc1ccccc1C(=O)N=[N+]=NCC1CCCNC1)c1ccc(F)cc1. The van der Waals surface area contributed by atoms with Gasteiger partial charge in [0, 0.05) is 5.56 Å². The summed E-state index contributed by atoms with van der Waals surface area (Å²) in [5.74, 6) is -1.07. The normalized spacial score (nSPS) is 16.0. The second kappa shape index (κ2) is 9.64. The average molecular weight is 382 g/mol. The van der Waals surface area contributed by atoms with Gasteiger partial charge in [-0.1, -0.05) is 12.1 Å². The molecule has 0 spiro atoms. The van der Waals surface area contributed by atoms with Crippen LogP contribution < -0.4 is 15.5 Å². The van der Waals surface area contributed by atoms with Crippen molar-refractivity contribution >= 4 is 17.5 Å². The summed E-state index contributed by atoms with van der Waals surface area (Å²) in [5, 5.41) is 13.5. The van der Waals surface area contributed by atoms with Crippen molar-refractivity contribution in [2.24, 2.45) is 16.1 Å². The van der Waals surface area contributed by atoms with Gasteiger partial charge in [-0.15, -0.1) is 0 Å². The molecule has 1 fully saturated rings. The average Bonchev–Trinajstić information content (AvgIpc) is 2.72. The maximum atomic E-state index is 13.0. The largest absolute Gasteiger partial charge is 0.362 e. The molecule has 1 heterocycles. The van der Waals surface area contributed by atoms with Crippen molar-refractivity contribution in [1.29, 1.82) is 0 Å². The highest BCUT2D eigenvalue weighted by molar-refractivity contribution is 6.09. The van der Waals surface area contributed by atoms with Crippen LogP contribution in [-0.4, -0.2) is 31.4 Å². The summed E-state index contributed by atoms with van der Waals surface area (Å²) < 4.78 is 13.0. The fourth-order valence-electron chi connectivity index (χ4n) is 2.93. The van der Waals surface area contributed by atoms with Crippen LogP contribution in [0, 0.1) is 11.7 Å². The van der Waals surface area contributed by atoms with Crippen molar-refractivity contribution in [3.05, 3.63) is 65.5 Å². The lowest BCUT2D eigenvalue weighted by Crippen LogP contribution is -2.31. The Hall–Kier alpha value is -3.22. The van der Waals surface area contributed by atoms with Crippen molar-refractivity contribution in [3.63, 3.8) is 0 Å². The monoisotopic (exact) mass is 382 g/mol. The van der Waals surface area contributed by atoms with Crippen LogP contribution >= 0.6 is 0 Å². The molecule has 2 aromatic rings. The molecule has 0 aliphatic carbocycles. The van der Waals surface area contributed by atoms with Crippen LogP contribution in [0.1, 0.15) is 33.6 Å². The number of carbonyl (C=O) groups excluding carboxylic acids is 2. The maximum Gasteiger partial charge on any atom is 0.362 e. The number of amides is 2. The summed E-state index contributed by atoms with van der Waals surface area (Å²) in [7, 11) is 0. The third-order valence-corrected chi connectivity index (χ3v) is 4.45. The molecular weight excluding hydrogens is 361 g/mol. The summed E-state index contributed by atoms with van der Waals surface area (Å²) in [5.41, 5.74) is 0.787. The van der Waals surface area contributed by atoms with E-state index >= 15 is 0 Å². The summed E-state index contributed by atoms with van der Waals surface area (Å²) in [6.45, 7) is 2.44. The third kappa shape index (κ3) is 5.39. The zero-order valence-electron chi connectivity index (χ0n) is 15.3. The Labute approximate surface area is 161 Å². The molecular formula is C20H21FN5O2+. The van der Waals surface area contributed by atoms with Crippen LogP contribution in [0.3, 0.4) is 0 Å². The molecule has 1 aliphatic rings. The van der Waals surface area contributed by atoms with E-state index in [9.17, 15) is 14.0 Å². The van der Waals surface area contributed by atoms with Gasteiger partial charge in [-0.3, -0.25) is 9.59 Å². The Kier molecular flexibility index (Phi) is 6.73. The van der Waals surface area contributed by atoms with Crippen LogP contribution in [0.4, 0.5) is 10.1 Å². The van der Waals surface area contributed by atoms with Crippen LogP contribution in [0.2, 0.25) is 0 Å².